The number of halogens is 2. The van der Waals surface area contributed by atoms with Crippen LogP contribution in [0.1, 0.15) is 5.69 Å². The maximum Gasteiger partial charge on any atom is 0.181 e. The second-order valence-electron chi connectivity index (χ2n) is 2.89. The molecule has 5 heteroatoms. The van der Waals surface area contributed by atoms with Crippen LogP contribution in [0.5, 0.6) is 0 Å². The molecular weight excluding hydrogens is 265 g/mol. The summed E-state index contributed by atoms with van der Waals surface area (Å²) in [7, 11) is 0. The van der Waals surface area contributed by atoms with Gasteiger partial charge in [-0.25, -0.2) is 9.37 Å². The predicted octanol–water partition coefficient (Wildman–Crippen LogP) is 2.74. The number of aromatic nitrogens is 1. The van der Waals surface area contributed by atoms with Gasteiger partial charge in [0, 0.05) is 0 Å². The van der Waals surface area contributed by atoms with Crippen molar-refractivity contribution >= 4 is 15.9 Å². The summed E-state index contributed by atoms with van der Waals surface area (Å²) in [4.78, 5) is 3.78. The second-order valence-corrected chi connectivity index (χ2v) is 3.74. The summed E-state index contributed by atoms with van der Waals surface area (Å²) in [6.45, 7) is -0.280. The third kappa shape index (κ3) is 1.80. The minimum atomic E-state index is -0.427. The Morgan fingerprint density at radius 2 is 2.27 bits per heavy atom. The Kier molecular flexibility index (Phi) is 2.83. The molecule has 2 rings (SSSR count). The van der Waals surface area contributed by atoms with Crippen molar-refractivity contribution in [3.8, 4) is 11.3 Å². The molecule has 0 amide bonds. The lowest BCUT2D eigenvalue weighted by atomic mass is 10.1. The molecule has 3 nitrogen and oxygen atoms in total. The fourth-order valence-corrected chi connectivity index (χ4v) is 1.65. The van der Waals surface area contributed by atoms with E-state index in [1.54, 1.807) is 18.2 Å². The number of nitrogens with zero attached hydrogens (tertiary/aromatic N) is 1. The van der Waals surface area contributed by atoms with E-state index in [2.05, 4.69) is 20.9 Å². The van der Waals surface area contributed by atoms with Crippen molar-refractivity contribution < 1.29 is 13.9 Å². The summed E-state index contributed by atoms with van der Waals surface area (Å²) >= 11 is 3.08. The summed E-state index contributed by atoms with van der Waals surface area (Å²) in [5.74, 6) is -0.166. The van der Waals surface area contributed by atoms with Crippen LogP contribution in [0, 0.1) is 5.82 Å². The summed E-state index contributed by atoms with van der Waals surface area (Å²) in [5, 5.41) is 8.97. The van der Waals surface area contributed by atoms with E-state index in [1.807, 2.05) is 0 Å². The van der Waals surface area contributed by atoms with Gasteiger partial charge in [-0.15, -0.1) is 0 Å². The van der Waals surface area contributed by atoms with Gasteiger partial charge in [-0.3, -0.25) is 0 Å². The van der Waals surface area contributed by atoms with Gasteiger partial charge >= 0.3 is 0 Å². The Morgan fingerprint density at radius 1 is 1.47 bits per heavy atom. The van der Waals surface area contributed by atoms with Crippen LogP contribution in [0.25, 0.3) is 11.3 Å². The van der Waals surface area contributed by atoms with Crippen molar-refractivity contribution in [2.45, 2.75) is 6.61 Å². The molecule has 0 saturated carbocycles. The molecule has 0 unspecified atom stereocenters. The molecule has 0 aliphatic carbocycles. The first-order valence-corrected chi connectivity index (χ1v) is 5.01. The maximum atomic E-state index is 13.7. The highest BCUT2D eigenvalue weighted by Crippen LogP contribution is 2.29. The van der Waals surface area contributed by atoms with E-state index >= 15 is 0 Å². The van der Waals surface area contributed by atoms with Crippen molar-refractivity contribution in [3.63, 3.8) is 0 Å². The standard InChI is InChI=1S/C10H7BrFNO2/c11-7-3-1-2-6(9(7)12)10-8(4-14)13-5-15-10/h1-3,5,14H,4H2. The first-order valence-electron chi connectivity index (χ1n) is 4.21. The van der Waals surface area contributed by atoms with Crippen LogP contribution >= 0.6 is 15.9 Å². The first-order chi connectivity index (χ1) is 7.24. The largest absolute Gasteiger partial charge is 0.443 e. The molecule has 2 aromatic rings. The van der Waals surface area contributed by atoms with Crippen LogP contribution in [0.2, 0.25) is 0 Å². The molecule has 0 aliphatic rings. The van der Waals surface area contributed by atoms with E-state index in [0.717, 1.165) is 0 Å². The topological polar surface area (TPSA) is 46.3 Å². The van der Waals surface area contributed by atoms with Crippen molar-refractivity contribution in [1.82, 2.24) is 4.98 Å². The lowest BCUT2D eigenvalue weighted by Crippen LogP contribution is -1.90. The monoisotopic (exact) mass is 271 g/mol. The van der Waals surface area contributed by atoms with E-state index in [0.29, 0.717) is 10.2 Å². The van der Waals surface area contributed by atoms with Crippen LogP contribution in [0.4, 0.5) is 4.39 Å². The quantitative estimate of drug-likeness (QED) is 0.914. The van der Waals surface area contributed by atoms with Gasteiger partial charge in [-0.2, -0.15) is 0 Å². The van der Waals surface area contributed by atoms with Crippen molar-refractivity contribution in [2.75, 3.05) is 0 Å². The average molecular weight is 272 g/mol. The molecule has 0 atom stereocenters. The van der Waals surface area contributed by atoms with Crippen LogP contribution in [0.3, 0.4) is 0 Å². The zero-order valence-electron chi connectivity index (χ0n) is 7.58. The van der Waals surface area contributed by atoms with Crippen molar-refractivity contribution in [3.05, 3.63) is 40.6 Å². The van der Waals surface area contributed by atoms with Gasteiger partial charge in [0.1, 0.15) is 11.5 Å². The smallest absolute Gasteiger partial charge is 0.181 e. The average Bonchev–Trinajstić information content (AvgIpc) is 2.70. The first kappa shape index (κ1) is 10.3. The molecule has 0 saturated heterocycles. The number of hydrogen-bond donors (Lipinski definition) is 1. The zero-order chi connectivity index (χ0) is 10.8. The Bertz CT molecular complexity index is 484. The molecule has 0 bridgehead atoms. The highest BCUT2D eigenvalue weighted by molar-refractivity contribution is 9.10. The molecule has 0 spiro atoms. The SMILES string of the molecule is OCc1ncoc1-c1cccc(Br)c1F. The molecule has 1 N–H and O–H groups in total. The highest BCUT2D eigenvalue weighted by Gasteiger charge is 2.15. The fourth-order valence-electron chi connectivity index (χ4n) is 1.28. The van der Waals surface area contributed by atoms with Gasteiger partial charge in [0.25, 0.3) is 0 Å². The van der Waals surface area contributed by atoms with Gasteiger partial charge < -0.3 is 9.52 Å². The molecule has 0 radical (unpaired) electrons. The highest BCUT2D eigenvalue weighted by atomic mass is 79.9. The van der Waals surface area contributed by atoms with Gasteiger partial charge in [0.05, 0.1) is 16.6 Å². The Balaban J connectivity index is 2.59. The molecule has 1 aromatic heterocycles. The summed E-state index contributed by atoms with van der Waals surface area (Å²) in [6.07, 6.45) is 1.18. The number of rotatable bonds is 2. The van der Waals surface area contributed by atoms with Gasteiger partial charge in [0.2, 0.25) is 0 Å². The van der Waals surface area contributed by atoms with Crippen LogP contribution < -0.4 is 0 Å². The molecule has 78 valence electrons. The Hall–Kier alpha value is -1.20. The number of oxazole rings is 1. The lowest BCUT2D eigenvalue weighted by Gasteiger charge is -2.02. The van der Waals surface area contributed by atoms with Crippen LogP contribution in [-0.4, -0.2) is 10.1 Å². The fraction of sp³-hybridized carbons (Fsp3) is 0.100. The third-order valence-corrected chi connectivity index (χ3v) is 2.60. The van der Waals surface area contributed by atoms with Crippen molar-refractivity contribution in [1.29, 1.82) is 0 Å². The Morgan fingerprint density at radius 3 is 3.00 bits per heavy atom. The van der Waals surface area contributed by atoms with Gasteiger partial charge in [-0.1, -0.05) is 6.07 Å². The predicted molar refractivity (Wildman–Crippen MR) is 55.5 cm³/mol. The van der Waals surface area contributed by atoms with E-state index < -0.39 is 5.82 Å². The minimum absolute atomic E-state index is 0.260. The molecule has 0 aliphatic heterocycles. The van der Waals surface area contributed by atoms with Crippen LogP contribution in [-0.2, 0) is 6.61 Å². The summed E-state index contributed by atoms with van der Waals surface area (Å²) in [6, 6.07) is 4.85. The normalized spacial score (nSPS) is 10.6. The number of aliphatic hydroxyl groups is 1. The third-order valence-electron chi connectivity index (χ3n) is 1.99. The molecule has 0 fully saturated rings. The van der Waals surface area contributed by atoms with E-state index in [1.165, 1.54) is 6.39 Å². The zero-order valence-corrected chi connectivity index (χ0v) is 9.16. The molecular formula is C10H7BrFNO2. The van der Waals surface area contributed by atoms with E-state index in [9.17, 15) is 4.39 Å². The van der Waals surface area contributed by atoms with Crippen molar-refractivity contribution in [2.24, 2.45) is 0 Å². The number of benzene rings is 1. The minimum Gasteiger partial charge on any atom is -0.443 e. The number of aliphatic hydroxyl groups excluding tert-OH is 1. The Labute approximate surface area is 93.7 Å². The van der Waals surface area contributed by atoms with Gasteiger partial charge in [0.15, 0.2) is 12.2 Å². The van der Waals surface area contributed by atoms with E-state index in [4.69, 9.17) is 9.52 Å². The molecule has 1 aromatic carbocycles. The van der Waals surface area contributed by atoms with Gasteiger partial charge in [-0.05, 0) is 28.1 Å². The summed E-state index contributed by atoms with van der Waals surface area (Å²) < 4.78 is 19.1. The summed E-state index contributed by atoms with van der Waals surface area (Å²) in [5.41, 5.74) is 0.609. The molecule has 15 heavy (non-hydrogen) atoms. The molecule has 1 heterocycles. The second kappa shape index (κ2) is 4.12. The van der Waals surface area contributed by atoms with Crippen LogP contribution in [0.15, 0.2) is 33.5 Å². The van der Waals surface area contributed by atoms with E-state index in [-0.39, 0.29) is 17.9 Å². The number of hydrogen-bond acceptors (Lipinski definition) is 3. The maximum absolute atomic E-state index is 13.7. The lowest BCUT2D eigenvalue weighted by molar-refractivity contribution is 0.277.